The number of pyridine rings is 2. The van der Waals surface area contributed by atoms with Gasteiger partial charge in [-0.3, -0.25) is 9.97 Å². The fourth-order valence-electron chi connectivity index (χ4n) is 3.14. The van der Waals surface area contributed by atoms with Crippen LogP contribution in [-0.2, 0) is 6.18 Å². The third kappa shape index (κ3) is 2.59. The molecule has 28 heavy (non-hydrogen) atoms. The van der Waals surface area contributed by atoms with Crippen molar-refractivity contribution in [3.05, 3.63) is 66.9 Å². The van der Waals surface area contributed by atoms with Gasteiger partial charge < -0.3 is 5.32 Å². The Morgan fingerprint density at radius 3 is 2.68 bits per heavy atom. The number of aromatic nitrogens is 5. The van der Waals surface area contributed by atoms with Crippen molar-refractivity contribution in [3.63, 3.8) is 0 Å². The molecule has 0 aliphatic rings. The first-order valence-corrected chi connectivity index (χ1v) is 8.31. The normalized spacial score (nSPS) is 12.1. The molecule has 5 aromatic rings. The van der Waals surface area contributed by atoms with Gasteiger partial charge in [0.25, 0.3) is 0 Å². The molecule has 4 heterocycles. The van der Waals surface area contributed by atoms with Crippen molar-refractivity contribution >= 4 is 38.8 Å². The van der Waals surface area contributed by atoms with Crippen molar-refractivity contribution in [1.29, 1.82) is 0 Å². The monoisotopic (exact) mass is 380 g/mol. The Labute approximate surface area is 155 Å². The summed E-state index contributed by atoms with van der Waals surface area (Å²) in [7, 11) is 0. The van der Waals surface area contributed by atoms with Gasteiger partial charge in [-0.2, -0.15) is 18.3 Å². The molecule has 0 bridgehead atoms. The van der Waals surface area contributed by atoms with Crippen molar-refractivity contribution in [2.45, 2.75) is 6.18 Å². The van der Waals surface area contributed by atoms with E-state index in [0.717, 1.165) is 12.1 Å². The van der Waals surface area contributed by atoms with Crippen LogP contribution >= 0.6 is 0 Å². The van der Waals surface area contributed by atoms with E-state index in [1.54, 1.807) is 47.6 Å². The summed E-state index contributed by atoms with van der Waals surface area (Å²) in [5.41, 5.74) is 2.56. The molecular weight excluding hydrogens is 369 g/mol. The summed E-state index contributed by atoms with van der Waals surface area (Å²) in [6.45, 7) is 0. The molecule has 0 spiro atoms. The van der Waals surface area contributed by atoms with Crippen LogP contribution in [0.25, 0.3) is 27.5 Å². The van der Waals surface area contributed by atoms with Crippen molar-refractivity contribution in [3.8, 4) is 0 Å². The van der Waals surface area contributed by atoms with Crippen LogP contribution in [0.15, 0.2) is 61.3 Å². The van der Waals surface area contributed by atoms with Gasteiger partial charge in [-0.25, -0.2) is 9.50 Å². The van der Waals surface area contributed by atoms with E-state index in [-0.39, 0.29) is 0 Å². The van der Waals surface area contributed by atoms with Crippen LogP contribution in [0.4, 0.5) is 24.5 Å². The summed E-state index contributed by atoms with van der Waals surface area (Å²) in [6, 6.07) is 6.76. The van der Waals surface area contributed by atoms with E-state index in [9.17, 15) is 13.2 Å². The number of hydrogen-bond acceptors (Lipinski definition) is 5. The largest absolute Gasteiger partial charge is 0.416 e. The summed E-state index contributed by atoms with van der Waals surface area (Å²) >= 11 is 0. The summed E-state index contributed by atoms with van der Waals surface area (Å²) in [5, 5.41) is 8.28. The Morgan fingerprint density at radius 2 is 1.82 bits per heavy atom. The van der Waals surface area contributed by atoms with E-state index in [0.29, 0.717) is 38.8 Å². The number of alkyl halides is 3. The van der Waals surface area contributed by atoms with E-state index >= 15 is 0 Å². The van der Waals surface area contributed by atoms with Gasteiger partial charge in [-0.1, -0.05) is 6.07 Å². The molecule has 4 aromatic heterocycles. The zero-order valence-corrected chi connectivity index (χ0v) is 14.1. The predicted molar refractivity (Wildman–Crippen MR) is 98.3 cm³/mol. The van der Waals surface area contributed by atoms with Crippen molar-refractivity contribution in [2.75, 3.05) is 5.32 Å². The number of halogens is 3. The van der Waals surface area contributed by atoms with E-state index in [2.05, 4.69) is 25.4 Å². The van der Waals surface area contributed by atoms with Crippen molar-refractivity contribution in [2.24, 2.45) is 0 Å². The van der Waals surface area contributed by atoms with E-state index in [4.69, 9.17) is 0 Å². The summed E-state index contributed by atoms with van der Waals surface area (Å²) in [4.78, 5) is 12.9. The van der Waals surface area contributed by atoms with E-state index in [1.807, 2.05) is 0 Å². The van der Waals surface area contributed by atoms with Crippen LogP contribution in [0, 0.1) is 0 Å². The standard InChI is InChI=1S/C19H11F3N6/c20-19(21,22)11-2-1-3-12(8-11)25-16-13-9-23-5-4-14(13)26-17-15-10-24-6-7-28(15)27-18(16)17/h1-10,25H. The van der Waals surface area contributed by atoms with Gasteiger partial charge in [0.2, 0.25) is 0 Å². The highest BCUT2D eigenvalue weighted by Gasteiger charge is 2.30. The molecule has 9 heteroatoms. The van der Waals surface area contributed by atoms with Crippen LogP contribution in [0.1, 0.15) is 5.56 Å². The highest BCUT2D eigenvalue weighted by molar-refractivity contribution is 6.10. The smallest absolute Gasteiger partial charge is 0.353 e. The Hall–Kier alpha value is -3.75. The lowest BCUT2D eigenvalue weighted by Gasteiger charge is -2.12. The molecule has 6 nitrogen and oxygen atoms in total. The lowest BCUT2D eigenvalue weighted by molar-refractivity contribution is -0.137. The van der Waals surface area contributed by atoms with Gasteiger partial charge >= 0.3 is 6.18 Å². The van der Waals surface area contributed by atoms with Crippen molar-refractivity contribution in [1.82, 2.24) is 24.6 Å². The van der Waals surface area contributed by atoms with E-state index in [1.165, 1.54) is 6.07 Å². The van der Waals surface area contributed by atoms with Crippen LogP contribution in [0.5, 0.6) is 0 Å². The maximum atomic E-state index is 13.1. The third-order valence-corrected chi connectivity index (χ3v) is 4.41. The van der Waals surface area contributed by atoms with Crippen LogP contribution in [0.3, 0.4) is 0 Å². The number of rotatable bonds is 2. The van der Waals surface area contributed by atoms with Gasteiger partial charge in [-0.15, -0.1) is 0 Å². The molecule has 138 valence electrons. The van der Waals surface area contributed by atoms with Gasteiger partial charge in [0.1, 0.15) is 16.6 Å². The molecule has 0 amide bonds. The van der Waals surface area contributed by atoms with Crippen LogP contribution < -0.4 is 5.32 Å². The molecule has 0 aliphatic carbocycles. The molecule has 0 radical (unpaired) electrons. The van der Waals surface area contributed by atoms with Gasteiger partial charge in [0.15, 0.2) is 0 Å². The predicted octanol–water partition coefficient (Wildman–Crippen LogP) is 4.59. The van der Waals surface area contributed by atoms with Gasteiger partial charge in [0, 0.05) is 35.9 Å². The van der Waals surface area contributed by atoms with Crippen LogP contribution in [0.2, 0.25) is 0 Å². The highest BCUT2D eigenvalue weighted by Crippen LogP contribution is 2.35. The SMILES string of the molecule is FC(F)(F)c1cccc(Nc2c3cnccc3nc3c2nn2ccncc32)c1. The van der Waals surface area contributed by atoms with Crippen LogP contribution in [-0.4, -0.2) is 24.6 Å². The number of nitrogens with one attached hydrogen (secondary N) is 1. The minimum Gasteiger partial charge on any atom is -0.353 e. The van der Waals surface area contributed by atoms with Gasteiger partial charge in [-0.05, 0) is 24.3 Å². The first kappa shape index (κ1) is 16.4. The average Bonchev–Trinajstić information content (AvgIpc) is 3.06. The second-order valence-electron chi connectivity index (χ2n) is 6.19. The molecule has 5 rings (SSSR count). The topological polar surface area (TPSA) is 68.0 Å². The molecule has 0 unspecified atom stereocenters. The second-order valence-corrected chi connectivity index (χ2v) is 6.19. The molecule has 0 saturated heterocycles. The Kier molecular flexibility index (Phi) is 3.45. The molecule has 0 fully saturated rings. The van der Waals surface area contributed by atoms with Crippen molar-refractivity contribution < 1.29 is 13.2 Å². The third-order valence-electron chi connectivity index (χ3n) is 4.41. The number of fused-ring (bicyclic) bond motifs is 4. The first-order valence-electron chi connectivity index (χ1n) is 8.31. The number of anilines is 2. The Balaban J connectivity index is 1.77. The highest BCUT2D eigenvalue weighted by atomic mass is 19.4. The zero-order chi connectivity index (χ0) is 19.3. The molecule has 0 atom stereocenters. The number of hydrogen-bond donors (Lipinski definition) is 1. The quantitative estimate of drug-likeness (QED) is 0.485. The summed E-state index contributed by atoms with van der Waals surface area (Å²) in [6.07, 6.45) is 3.72. The average molecular weight is 380 g/mol. The fourth-order valence-corrected chi connectivity index (χ4v) is 3.14. The molecule has 1 N–H and O–H groups in total. The molecule has 0 aliphatic heterocycles. The lowest BCUT2D eigenvalue weighted by atomic mass is 10.1. The maximum absolute atomic E-state index is 13.1. The summed E-state index contributed by atoms with van der Waals surface area (Å²) < 4.78 is 40.9. The molecule has 0 saturated carbocycles. The first-order chi connectivity index (χ1) is 13.5. The van der Waals surface area contributed by atoms with E-state index < -0.39 is 11.7 Å². The Bertz CT molecular complexity index is 1340. The lowest BCUT2D eigenvalue weighted by Crippen LogP contribution is -2.05. The minimum atomic E-state index is -4.43. The molecular formula is C19H11F3N6. The maximum Gasteiger partial charge on any atom is 0.416 e. The fraction of sp³-hybridized carbons (Fsp3) is 0.0526. The number of benzene rings is 1. The zero-order valence-electron chi connectivity index (χ0n) is 14.1. The second kappa shape index (κ2) is 5.88. The van der Waals surface area contributed by atoms with Gasteiger partial charge in [0.05, 0.1) is 23.0 Å². The number of nitrogens with zero attached hydrogens (tertiary/aromatic N) is 5. The molecule has 1 aromatic carbocycles. The summed E-state index contributed by atoms with van der Waals surface area (Å²) in [5.74, 6) is 0. The minimum absolute atomic E-state index is 0.294. The Morgan fingerprint density at radius 1 is 0.964 bits per heavy atom.